The minimum absolute atomic E-state index is 0.789. The molecular formula is C6H11N3S. The zero-order valence-corrected chi connectivity index (χ0v) is 6.90. The number of nitrogens with two attached hydrogens (primary N) is 1. The van der Waals surface area contributed by atoms with E-state index in [4.69, 9.17) is 5.73 Å². The molecule has 0 aliphatic heterocycles. The number of nitrogens with zero attached hydrogens (tertiary/aromatic N) is 1. The summed E-state index contributed by atoms with van der Waals surface area (Å²) in [6, 6.07) is 0. The number of anilines is 2. The fraction of sp³-hybridized carbons (Fsp3) is 0.333. The van der Waals surface area contributed by atoms with Crippen LogP contribution in [-0.4, -0.2) is 17.3 Å². The van der Waals surface area contributed by atoms with E-state index >= 15 is 0 Å². The zero-order chi connectivity index (χ0) is 7.56. The molecule has 0 saturated heterocycles. The van der Waals surface area contributed by atoms with E-state index in [0.29, 0.717) is 0 Å². The maximum absolute atomic E-state index is 5.63. The Bertz CT molecular complexity index is 219. The van der Waals surface area contributed by atoms with E-state index in [-0.39, 0.29) is 0 Å². The third-order valence-corrected chi connectivity index (χ3v) is 1.95. The summed E-state index contributed by atoms with van der Waals surface area (Å²) in [6.07, 6.45) is 5.84. The van der Waals surface area contributed by atoms with Crippen LogP contribution in [0, 0.1) is 0 Å². The van der Waals surface area contributed by atoms with E-state index in [1.807, 2.05) is 29.7 Å². The molecule has 3 nitrogen and oxygen atoms in total. The smallest absolute Gasteiger partial charge is 0.0762 e. The van der Waals surface area contributed by atoms with Gasteiger partial charge in [0.25, 0.3) is 0 Å². The maximum Gasteiger partial charge on any atom is 0.0762 e. The first-order chi connectivity index (χ1) is 4.77. The summed E-state index contributed by atoms with van der Waals surface area (Å²) < 4.78 is 1.96. The van der Waals surface area contributed by atoms with Crippen molar-refractivity contribution in [2.75, 3.05) is 24.4 Å². The predicted molar refractivity (Wildman–Crippen MR) is 47.3 cm³/mol. The topological polar surface area (TPSA) is 43.0 Å². The number of hydrogen-bond acceptors (Lipinski definition) is 3. The van der Waals surface area contributed by atoms with Crippen LogP contribution in [0.25, 0.3) is 0 Å². The highest BCUT2D eigenvalue weighted by Gasteiger charge is 1.98. The van der Waals surface area contributed by atoms with Crippen molar-refractivity contribution in [2.24, 2.45) is 0 Å². The Hall–Kier alpha value is -0.770. The van der Waals surface area contributed by atoms with Gasteiger partial charge in [0.05, 0.1) is 11.4 Å². The van der Waals surface area contributed by atoms with E-state index in [9.17, 15) is 0 Å². The highest BCUT2D eigenvalue weighted by atomic mass is 32.2. The lowest BCUT2D eigenvalue weighted by Gasteiger charge is -1.93. The molecule has 0 spiro atoms. The lowest BCUT2D eigenvalue weighted by atomic mass is 10.5. The fourth-order valence-corrected chi connectivity index (χ4v) is 1.19. The average molecular weight is 157 g/mol. The molecule has 0 amide bonds. The lowest BCUT2D eigenvalue weighted by Crippen LogP contribution is -1.89. The molecule has 0 unspecified atom stereocenters. The van der Waals surface area contributed by atoms with Crippen molar-refractivity contribution in [3.63, 3.8) is 0 Å². The van der Waals surface area contributed by atoms with Crippen molar-refractivity contribution >= 4 is 23.3 Å². The van der Waals surface area contributed by atoms with Crippen molar-refractivity contribution in [1.82, 2.24) is 3.97 Å². The van der Waals surface area contributed by atoms with Crippen molar-refractivity contribution in [2.45, 2.75) is 0 Å². The van der Waals surface area contributed by atoms with E-state index in [2.05, 4.69) is 5.32 Å². The Balaban J connectivity index is 2.92. The Morgan fingerprint density at radius 1 is 1.60 bits per heavy atom. The summed E-state index contributed by atoms with van der Waals surface area (Å²) in [5.74, 6) is 0. The van der Waals surface area contributed by atoms with E-state index in [1.165, 1.54) is 0 Å². The molecule has 0 aliphatic carbocycles. The minimum Gasteiger partial charge on any atom is -0.396 e. The molecule has 1 aromatic heterocycles. The van der Waals surface area contributed by atoms with Crippen LogP contribution in [0.4, 0.5) is 11.4 Å². The molecule has 0 aromatic carbocycles. The van der Waals surface area contributed by atoms with Gasteiger partial charge in [-0.2, -0.15) is 0 Å². The van der Waals surface area contributed by atoms with E-state index < -0.39 is 0 Å². The van der Waals surface area contributed by atoms with Crippen LogP contribution in [0.5, 0.6) is 0 Å². The van der Waals surface area contributed by atoms with Gasteiger partial charge < -0.3 is 11.1 Å². The predicted octanol–water partition coefficient (Wildman–Crippen LogP) is 1.24. The second-order valence-corrected chi connectivity index (χ2v) is 2.71. The van der Waals surface area contributed by atoms with Gasteiger partial charge in [-0.15, -0.1) is 0 Å². The monoisotopic (exact) mass is 157 g/mol. The minimum atomic E-state index is 0.789. The molecule has 1 rings (SSSR count). The summed E-state index contributed by atoms with van der Waals surface area (Å²) >= 11 is 1.62. The van der Waals surface area contributed by atoms with Gasteiger partial charge in [0.2, 0.25) is 0 Å². The van der Waals surface area contributed by atoms with Crippen LogP contribution in [0.3, 0.4) is 0 Å². The normalized spacial score (nSPS) is 9.80. The number of nitrogens with one attached hydrogen (secondary N) is 1. The van der Waals surface area contributed by atoms with Crippen molar-refractivity contribution in [3.8, 4) is 0 Å². The zero-order valence-electron chi connectivity index (χ0n) is 6.09. The molecule has 0 aliphatic rings. The van der Waals surface area contributed by atoms with Gasteiger partial charge in [-0.25, -0.2) is 0 Å². The van der Waals surface area contributed by atoms with Crippen molar-refractivity contribution in [3.05, 3.63) is 12.4 Å². The van der Waals surface area contributed by atoms with Crippen LogP contribution in [0.15, 0.2) is 12.4 Å². The van der Waals surface area contributed by atoms with Crippen LogP contribution in [-0.2, 0) is 0 Å². The van der Waals surface area contributed by atoms with Gasteiger partial charge in [-0.05, 0) is 11.9 Å². The summed E-state index contributed by atoms with van der Waals surface area (Å²) in [5, 5.41) is 2.99. The van der Waals surface area contributed by atoms with E-state index in [1.54, 1.807) is 11.9 Å². The third kappa shape index (κ3) is 1.21. The molecule has 0 fully saturated rings. The SMILES string of the molecule is CNc1cn(SC)cc1N. The average Bonchev–Trinajstić information content (AvgIpc) is 2.30. The molecule has 10 heavy (non-hydrogen) atoms. The number of nitrogen functional groups attached to an aromatic ring is 1. The van der Waals surface area contributed by atoms with Crippen LogP contribution >= 0.6 is 11.9 Å². The molecular weight excluding hydrogens is 146 g/mol. The Morgan fingerprint density at radius 2 is 2.30 bits per heavy atom. The Labute approximate surface area is 64.7 Å². The highest BCUT2D eigenvalue weighted by Crippen LogP contribution is 2.20. The Morgan fingerprint density at radius 3 is 2.60 bits per heavy atom. The van der Waals surface area contributed by atoms with Gasteiger partial charge in [0.1, 0.15) is 0 Å². The van der Waals surface area contributed by atoms with Gasteiger partial charge in [0.15, 0.2) is 0 Å². The molecule has 56 valence electrons. The molecule has 0 atom stereocenters. The molecule has 0 radical (unpaired) electrons. The van der Waals surface area contributed by atoms with Crippen LogP contribution < -0.4 is 11.1 Å². The van der Waals surface area contributed by atoms with Crippen molar-refractivity contribution in [1.29, 1.82) is 0 Å². The van der Waals surface area contributed by atoms with Crippen molar-refractivity contribution < 1.29 is 0 Å². The number of rotatable bonds is 2. The highest BCUT2D eigenvalue weighted by molar-refractivity contribution is 7.97. The quantitative estimate of drug-likeness (QED) is 0.678. The third-order valence-electron chi connectivity index (χ3n) is 1.31. The van der Waals surface area contributed by atoms with Crippen LogP contribution in [0.1, 0.15) is 0 Å². The fourth-order valence-electron chi connectivity index (χ4n) is 0.760. The molecule has 0 bridgehead atoms. The summed E-state index contributed by atoms with van der Waals surface area (Å²) in [7, 11) is 1.86. The summed E-state index contributed by atoms with van der Waals surface area (Å²) in [4.78, 5) is 0. The first-order valence-corrected chi connectivity index (χ1v) is 4.15. The van der Waals surface area contributed by atoms with E-state index in [0.717, 1.165) is 11.4 Å². The lowest BCUT2D eigenvalue weighted by molar-refractivity contribution is 1.29. The second kappa shape index (κ2) is 2.88. The maximum atomic E-state index is 5.63. The summed E-state index contributed by atoms with van der Waals surface area (Å²) in [6.45, 7) is 0. The largest absolute Gasteiger partial charge is 0.396 e. The van der Waals surface area contributed by atoms with Crippen LogP contribution in [0.2, 0.25) is 0 Å². The number of hydrogen-bond donors (Lipinski definition) is 2. The molecule has 1 aromatic rings. The molecule has 3 N–H and O–H groups in total. The van der Waals surface area contributed by atoms with Gasteiger partial charge in [0, 0.05) is 25.7 Å². The standard InChI is InChI=1S/C6H11N3S/c1-8-6-4-9(10-2)3-5(6)7/h3-4,8H,7H2,1-2H3. The first kappa shape index (κ1) is 7.34. The summed E-state index contributed by atoms with van der Waals surface area (Å²) in [5.41, 5.74) is 7.40. The van der Waals surface area contributed by atoms with Gasteiger partial charge in [-0.1, -0.05) is 0 Å². The Kier molecular flexibility index (Phi) is 2.11. The van der Waals surface area contributed by atoms with Gasteiger partial charge in [-0.3, -0.25) is 3.97 Å². The molecule has 4 heteroatoms. The molecule has 0 saturated carbocycles. The second-order valence-electron chi connectivity index (χ2n) is 1.92. The molecule has 1 heterocycles. The van der Waals surface area contributed by atoms with Gasteiger partial charge >= 0.3 is 0 Å². The first-order valence-electron chi connectivity index (χ1n) is 2.97. The number of aromatic nitrogens is 1.